The highest BCUT2D eigenvalue weighted by Gasteiger charge is 2.46. The van der Waals surface area contributed by atoms with Crippen LogP contribution in [0.1, 0.15) is 72.9 Å². The first-order valence-electron chi connectivity index (χ1n) is 14.6. The van der Waals surface area contributed by atoms with Crippen LogP contribution in [-0.2, 0) is 16.6 Å². The highest BCUT2D eigenvalue weighted by Crippen LogP contribution is 2.50. The normalized spacial score (nSPS) is 30.9. The molecule has 2 aromatic rings. The van der Waals surface area contributed by atoms with Gasteiger partial charge in [0.05, 0.1) is 35.1 Å². The van der Waals surface area contributed by atoms with Gasteiger partial charge in [0, 0.05) is 25.6 Å². The Morgan fingerprint density at radius 1 is 1.18 bits per heavy atom. The molecule has 0 saturated heterocycles. The maximum absolute atomic E-state index is 12.0. The zero-order valence-electron chi connectivity index (χ0n) is 22.8. The van der Waals surface area contributed by atoms with Gasteiger partial charge in [-0.3, -0.25) is 0 Å². The molecule has 7 heteroatoms. The van der Waals surface area contributed by atoms with Crippen molar-refractivity contribution in [2.45, 2.75) is 75.4 Å². The number of carbonyl (C=O) groups is 1. The van der Waals surface area contributed by atoms with Crippen LogP contribution in [0.15, 0.2) is 36.4 Å². The lowest BCUT2D eigenvalue weighted by Gasteiger charge is -2.48. The Bertz CT molecular complexity index is 1220. The smallest absolute Gasteiger partial charge is 0.337 e. The van der Waals surface area contributed by atoms with E-state index in [1.165, 1.54) is 11.1 Å². The number of nitrogens with zero attached hydrogens (tertiary/aromatic N) is 1. The molecule has 2 fully saturated rings. The Morgan fingerprint density at radius 3 is 2.77 bits per heavy atom. The predicted molar refractivity (Wildman–Crippen MR) is 152 cm³/mol. The minimum atomic E-state index is -1.03. The molecular formula is C32H40ClNO5. The molecule has 3 aliphatic carbocycles. The third-order valence-corrected chi connectivity index (χ3v) is 10.5. The van der Waals surface area contributed by atoms with E-state index in [4.69, 9.17) is 21.1 Å². The zero-order valence-corrected chi connectivity index (χ0v) is 23.5. The maximum Gasteiger partial charge on any atom is 0.337 e. The molecule has 0 amide bonds. The number of methoxy groups -OCH3 is 1. The number of anilines is 1. The number of rotatable bonds is 6. The maximum atomic E-state index is 12.0. The Hall–Kier alpha value is -2.28. The van der Waals surface area contributed by atoms with E-state index in [9.17, 15) is 15.0 Å². The average molecular weight is 554 g/mol. The molecular weight excluding hydrogens is 514 g/mol. The molecule has 0 radical (unpaired) electrons. The quantitative estimate of drug-likeness (QED) is 0.450. The van der Waals surface area contributed by atoms with Crippen molar-refractivity contribution in [2.75, 3.05) is 31.7 Å². The second-order valence-electron chi connectivity index (χ2n) is 12.3. The first kappa shape index (κ1) is 26.9. The van der Waals surface area contributed by atoms with Gasteiger partial charge in [-0.25, -0.2) is 4.79 Å². The van der Waals surface area contributed by atoms with Gasteiger partial charge in [-0.2, -0.15) is 0 Å². The van der Waals surface area contributed by atoms with Crippen molar-refractivity contribution in [3.05, 3.63) is 58.1 Å². The summed E-state index contributed by atoms with van der Waals surface area (Å²) in [6.07, 6.45) is 9.17. The summed E-state index contributed by atoms with van der Waals surface area (Å²) in [7, 11) is 1.82. The first-order chi connectivity index (χ1) is 18.9. The first-order valence-corrected chi connectivity index (χ1v) is 15.0. The van der Waals surface area contributed by atoms with Crippen LogP contribution in [0.5, 0.6) is 5.75 Å². The summed E-state index contributed by atoms with van der Waals surface area (Å²) in [6, 6.07) is 12.1. The number of halogens is 1. The summed E-state index contributed by atoms with van der Waals surface area (Å²) in [5, 5.41) is 20.5. The van der Waals surface area contributed by atoms with Gasteiger partial charge in [0.1, 0.15) is 5.75 Å². The summed E-state index contributed by atoms with van der Waals surface area (Å²) in [4.78, 5) is 14.4. The van der Waals surface area contributed by atoms with Crippen LogP contribution < -0.4 is 9.64 Å². The van der Waals surface area contributed by atoms with Crippen LogP contribution in [0, 0.1) is 17.8 Å². The SMILES string of the molecule is COC([C@@H]1CCC[C@@H](O)C1)[C@@H]1CC[C@H]1CN1CC2(CCCc3ccccc32)COc2ccc(C(=O)O)c(Cl)c21. The molecule has 2 unspecified atom stereocenters. The average Bonchev–Trinajstić information content (AvgIpc) is 3.07. The number of aliphatic hydroxyl groups excluding tert-OH is 1. The highest BCUT2D eigenvalue weighted by atomic mass is 35.5. The molecule has 1 aliphatic heterocycles. The molecule has 2 saturated carbocycles. The van der Waals surface area contributed by atoms with Gasteiger partial charge in [-0.1, -0.05) is 42.3 Å². The molecule has 6 nitrogen and oxygen atoms in total. The lowest BCUT2D eigenvalue weighted by atomic mass is 9.65. The van der Waals surface area contributed by atoms with Crippen LogP contribution in [0.2, 0.25) is 5.02 Å². The number of fused-ring (bicyclic) bond motifs is 3. The molecule has 4 aliphatic rings. The fourth-order valence-corrected chi connectivity index (χ4v) is 8.42. The highest BCUT2D eigenvalue weighted by molar-refractivity contribution is 6.36. The molecule has 1 spiro atoms. The third kappa shape index (κ3) is 4.93. The van der Waals surface area contributed by atoms with Crippen molar-refractivity contribution in [3.8, 4) is 5.75 Å². The molecule has 210 valence electrons. The molecule has 2 aromatic carbocycles. The summed E-state index contributed by atoms with van der Waals surface area (Å²) < 4.78 is 12.6. The van der Waals surface area contributed by atoms with Gasteiger partial charge in [0.25, 0.3) is 0 Å². The van der Waals surface area contributed by atoms with Crippen molar-refractivity contribution in [3.63, 3.8) is 0 Å². The predicted octanol–water partition coefficient (Wildman–Crippen LogP) is 6.10. The number of carboxylic acids is 1. The van der Waals surface area contributed by atoms with E-state index in [2.05, 4.69) is 29.2 Å². The van der Waals surface area contributed by atoms with Gasteiger partial charge in [-0.05, 0) is 92.4 Å². The fraction of sp³-hybridized carbons (Fsp3) is 0.594. The topological polar surface area (TPSA) is 79.2 Å². The molecule has 0 aromatic heterocycles. The lowest BCUT2D eigenvalue weighted by molar-refractivity contribution is -0.0721. The van der Waals surface area contributed by atoms with Crippen LogP contribution in [-0.4, -0.2) is 55.2 Å². The van der Waals surface area contributed by atoms with Gasteiger partial charge >= 0.3 is 5.97 Å². The molecule has 1 heterocycles. The molecule has 6 rings (SSSR count). The van der Waals surface area contributed by atoms with E-state index in [1.807, 2.05) is 7.11 Å². The van der Waals surface area contributed by atoms with E-state index in [0.29, 0.717) is 35.8 Å². The van der Waals surface area contributed by atoms with E-state index >= 15 is 0 Å². The number of aryl methyl sites for hydroxylation is 1. The number of benzene rings is 2. The molecule has 2 N–H and O–H groups in total. The van der Waals surface area contributed by atoms with E-state index in [-0.39, 0.29) is 28.2 Å². The lowest BCUT2D eigenvalue weighted by Crippen LogP contribution is -2.51. The Kier molecular flexibility index (Phi) is 7.55. The Balaban J connectivity index is 1.35. The fourth-order valence-electron chi connectivity index (χ4n) is 8.06. The van der Waals surface area contributed by atoms with E-state index < -0.39 is 5.97 Å². The van der Waals surface area contributed by atoms with Crippen LogP contribution >= 0.6 is 11.6 Å². The monoisotopic (exact) mass is 553 g/mol. The van der Waals surface area contributed by atoms with Crippen molar-refractivity contribution in [1.29, 1.82) is 0 Å². The van der Waals surface area contributed by atoms with Gasteiger partial charge < -0.3 is 24.6 Å². The second kappa shape index (κ2) is 10.9. The van der Waals surface area contributed by atoms with Gasteiger partial charge in [-0.15, -0.1) is 0 Å². The van der Waals surface area contributed by atoms with Crippen LogP contribution in [0.3, 0.4) is 0 Å². The molecule has 39 heavy (non-hydrogen) atoms. The number of hydrogen-bond acceptors (Lipinski definition) is 5. The van der Waals surface area contributed by atoms with Crippen molar-refractivity contribution >= 4 is 23.3 Å². The second-order valence-corrected chi connectivity index (χ2v) is 12.7. The zero-order chi connectivity index (χ0) is 27.1. The Morgan fingerprint density at radius 2 is 2.03 bits per heavy atom. The molecule has 6 atom stereocenters. The number of ether oxygens (including phenoxy) is 2. The summed E-state index contributed by atoms with van der Waals surface area (Å²) in [5.41, 5.74) is 3.37. The Labute approximate surface area is 236 Å². The third-order valence-electron chi connectivity index (χ3n) is 10.1. The number of carboxylic acid groups (broad SMARTS) is 1. The minimum Gasteiger partial charge on any atom is -0.490 e. The number of aromatic carboxylic acids is 1. The number of aliphatic hydroxyl groups is 1. The summed E-state index contributed by atoms with van der Waals surface area (Å²) >= 11 is 6.87. The van der Waals surface area contributed by atoms with E-state index in [1.54, 1.807) is 12.1 Å². The van der Waals surface area contributed by atoms with Crippen LogP contribution in [0.4, 0.5) is 5.69 Å². The van der Waals surface area contributed by atoms with Crippen LogP contribution in [0.25, 0.3) is 0 Å². The largest absolute Gasteiger partial charge is 0.490 e. The number of hydrogen-bond donors (Lipinski definition) is 2. The van der Waals surface area contributed by atoms with Gasteiger partial charge in [0.15, 0.2) is 0 Å². The summed E-state index contributed by atoms with van der Waals surface area (Å²) in [6.45, 7) is 2.07. The van der Waals surface area contributed by atoms with E-state index in [0.717, 1.165) is 70.9 Å². The summed E-state index contributed by atoms with van der Waals surface area (Å²) in [5.74, 6) is 0.834. The van der Waals surface area contributed by atoms with Crippen molar-refractivity contribution in [2.24, 2.45) is 17.8 Å². The standard InChI is InChI=1S/C32H40ClNO5/c1-38-30(21-7-4-9-23(35)16-21)24-12-11-22(24)17-34-18-32(15-5-8-20-6-2-3-10-26(20)32)19-39-27-14-13-25(31(36)37)28(33)29(27)34/h2-3,6,10,13-14,21-24,30,35H,4-5,7-9,11-12,15-19H2,1H3,(H,36,37)/t21-,22+,23-,24-,30?,32?/m1/s1. The molecule has 0 bridgehead atoms. The van der Waals surface area contributed by atoms with Crippen molar-refractivity contribution in [1.82, 2.24) is 0 Å². The van der Waals surface area contributed by atoms with Gasteiger partial charge in [0.2, 0.25) is 0 Å². The minimum absolute atomic E-state index is 0.111. The van der Waals surface area contributed by atoms with Crippen molar-refractivity contribution < 1.29 is 24.5 Å².